The van der Waals surface area contributed by atoms with Gasteiger partial charge in [0, 0.05) is 31.7 Å². The Labute approximate surface area is 213 Å². The van der Waals surface area contributed by atoms with Gasteiger partial charge in [0.1, 0.15) is 4.90 Å². The molecule has 0 radical (unpaired) electrons. The molecule has 1 fully saturated rings. The third-order valence-corrected chi connectivity index (χ3v) is 11.3. The standard InChI is InChI=1S/C22H25F3N2O7S3/c1-21(2,37(33,34)17-7-5-6-16(12-17)35(3,29)30)14-8-9-27(19(28)11-14)20-18(36(4,31)32)10-15(13-26-20)22(23,24)25/h5-7,10,12-14H,8-9,11H2,1-4H3/t14-/m0/s1. The summed E-state index contributed by atoms with van der Waals surface area (Å²) in [6.45, 7) is 2.62. The van der Waals surface area contributed by atoms with Gasteiger partial charge in [0.25, 0.3) is 0 Å². The van der Waals surface area contributed by atoms with Gasteiger partial charge >= 0.3 is 6.18 Å². The second kappa shape index (κ2) is 9.34. The van der Waals surface area contributed by atoms with Gasteiger partial charge in [-0.25, -0.2) is 30.2 Å². The van der Waals surface area contributed by atoms with Crippen LogP contribution in [0.4, 0.5) is 19.0 Å². The highest BCUT2D eigenvalue weighted by molar-refractivity contribution is 7.93. The fourth-order valence-corrected chi connectivity index (χ4v) is 7.48. The minimum atomic E-state index is -4.85. The van der Waals surface area contributed by atoms with Crippen molar-refractivity contribution in [2.75, 3.05) is 24.0 Å². The number of aromatic nitrogens is 1. The van der Waals surface area contributed by atoms with Gasteiger partial charge in [-0.3, -0.25) is 9.69 Å². The summed E-state index contributed by atoms with van der Waals surface area (Å²) in [4.78, 5) is 16.4. The molecule has 37 heavy (non-hydrogen) atoms. The summed E-state index contributed by atoms with van der Waals surface area (Å²) in [6.07, 6.45) is -3.07. The highest BCUT2D eigenvalue weighted by Gasteiger charge is 2.46. The van der Waals surface area contributed by atoms with Crippen LogP contribution < -0.4 is 4.90 Å². The molecule has 1 saturated heterocycles. The molecule has 1 aromatic heterocycles. The molecule has 1 aliphatic heterocycles. The average Bonchev–Trinajstić information content (AvgIpc) is 2.77. The van der Waals surface area contributed by atoms with Gasteiger partial charge in [-0.05, 0) is 50.5 Å². The van der Waals surface area contributed by atoms with Crippen LogP contribution in [0.3, 0.4) is 0 Å². The average molecular weight is 583 g/mol. The lowest BCUT2D eigenvalue weighted by Gasteiger charge is -2.39. The molecule has 1 aromatic carbocycles. The van der Waals surface area contributed by atoms with Gasteiger partial charge in [0.05, 0.1) is 20.1 Å². The summed E-state index contributed by atoms with van der Waals surface area (Å²) >= 11 is 0. The zero-order valence-electron chi connectivity index (χ0n) is 20.3. The number of piperidine rings is 1. The molecule has 1 aliphatic rings. The van der Waals surface area contributed by atoms with E-state index in [1.54, 1.807) is 0 Å². The summed E-state index contributed by atoms with van der Waals surface area (Å²) < 4.78 is 113. The molecule has 15 heteroatoms. The van der Waals surface area contributed by atoms with E-state index in [1.165, 1.54) is 32.0 Å². The number of carbonyl (C=O) groups excluding carboxylic acids is 1. The highest BCUT2D eigenvalue weighted by Crippen LogP contribution is 2.41. The maximum atomic E-state index is 13.5. The van der Waals surface area contributed by atoms with Crippen LogP contribution in [0.5, 0.6) is 0 Å². The van der Waals surface area contributed by atoms with Crippen molar-refractivity contribution in [2.45, 2.75) is 52.3 Å². The van der Waals surface area contributed by atoms with E-state index < -0.39 is 68.5 Å². The lowest BCUT2D eigenvalue weighted by molar-refractivity contribution is -0.138. The zero-order valence-corrected chi connectivity index (χ0v) is 22.7. The number of pyridine rings is 1. The molecule has 2 heterocycles. The molecular formula is C22H25F3N2O7S3. The Morgan fingerprint density at radius 1 is 0.946 bits per heavy atom. The third-order valence-electron chi connectivity index (χ3n) is 6.46. The number of alkyl halides is 3. The number of halogens is 3. The van der Waals surface area contributed by atoms with Gasteiger partial charge in [-0.1, -0.05) is 6.07 Å². The number of hydrogen-bond donors (Lipinski definition) is 0. The first-order chi connectivity index (χ1) is 16.7. The maximum absolute atomic E-state index is 13.5. The van der Waals surface area contributed by atoms with Crippen LogP contribution in [0, 0.1) is 5.92 Å². The van der Waals surface area contributed by atoms with Crippen LogP contribution in [0.15, 0.2) is 51.2 Å². The number of nitrogens with zero attached hydrogens (tertiary/aromatic N) is 2. The van der Waals surface area contributed by atoms with Crippen molar-refractivity contribution in [3.8, 4) is 0 Å². The summed E-state index contributed by atoms with van der Waals surface area (Å²) in [5, 5.41) is 0. The molecule has 0 N–H and O–H groups in total. The largest absolute Gasteiger partial charge is 0.417 e. The molecular weight excluding hydrogens is 557 g/mol. The Balaban J connectivity index is 1.95. The van der Waals surface area contributed by atoms with E-state index in [-0.39, 0.29) is 29.2 Å². The topological polar surface area (TPSA) is 136 Å². The van der Waals surface area contributed by atoms with Crippen LogP contribution in [-0.2, 0) is 40.5 Å². The predicted octanol–water partition coefficient (Wildman–Crippen LogP) is 2.90. The molecule has 0 unspecified atom stereocenters. The molecule has 1 amide bonds. The van der Waals surface area contributed by atoms with Crippen molar-refractivity contribution in [1.82, 2.24) is 4.98 Å². The third kappa shape index (κ3) is 5.67. The monoisotopic (exact) mass is 582 g/mol. The first kappa shape index (κ1) is 29.0. The molecule has 0 spiro atoms. The van der Waals surface area contributed by atoms with Crippen LogP contribution in [0.25, 0.3) is 0 Å². The normalized spacial score (nSPS) is 18.2. The first-order valence-electron chi connectivity index (χ1n) is 10.8. The summed E-state index contributed by atoms with van der Waals surface area (Å²) in [6, 6.07) is 5.29. The van der Waals surface area contributed by atoms with E-state index in [0.29, 0.717) is 18.5 Å². The highest BCUT2D eigenvalue weighted by atomic mass is 32.2. The molecule has 0 aliphatic carbocycles. The SMILES string of the molecule is CC(C)([C@H]1CCN(c2ncc(C(F)(F)F)cc2S(C)(=O)=O)C(=O)C1)S(=O)(=O)c1cccc(S(C)(=O)=O)c1. The van der Waals surface area contributed by atoms with E-state index in [0.717, 1.165) is 17.2 Å². The smallest absolute Gasteiger partial charge is 0.296 e. The van der Waals surface area contributed by atoms with Crippen LogP contribution in [0.2, 0.25) is 0 Å². The quantitative estimate of drug-likeness (QED) is 0.507. The number of carbonyl (C=O) groups is 1. The number of hydrogen-bond acceptors (Lipinski definition) is 8. The fraction of sp³-hybridized carbons (Fsp3) is 0.455. The van der Waals surface area contributed by atoms with E-state index in [9.17, 15) is 43.2 Å². The maximum Gasteiger partial charge on any atom is 0.417 e. The Hall–Kier alpha value is -2.52. The number of amides is 1. The number of sulfone groups is 3. The predicted molar refractivity (Wildman–Crippen MR) is 128 cm³/mol. The summed E-state index contributed by atoms with van der Waals surface area (Å²) in [7, 11) is -12.0. The fourth-order valence-electron chi connectivity index (χ4n) is 4.11. The molecule has 204 valence electrons. The van der Waals surface area contributed by atoms with Crippen molar-refractivity contribution in [2.24, 2.45) is 5.92 Å². The Morgan fingerprint density at radius 3 is 2.05 bits per heavy atom. The Bertz CT molecular complexity index is 1570. The van der Waals surface area contributed by atoms with E-state index in [2.05, 4.69) is 4.98 Å². The van der Waals surface area contributed by atoms with Gasteiger partial charge in [-0.2, -0.15) is 13.2 Å². The lowest BCUT2D eigenvalue weighted by atomic mass is 9.85. The van der Waals surface area contributed by atoms with Crippen molar-refractivity contribution < 1.29 is 43.2 Å². The number of benzene rings is 1. The Kier molecular flexibility index (Phi) is 7.33. The minimum absolute atomic E-state index is 0.0651. The second-order valence-corrected chi connectivity index (χ2v) is 15.9. The minimum Gasteiger partial charge on any atom is -0.296 e. The lowest BCUT2D eigenvalue weighted by Crippen LogP contribution is -2.49. The number of anilines is 1. The zero-order chi connectivity index (χ0) is 28.2. The number of rotatable bonds is 6. The van der Waals surface area contributed by atoms with Gasteiger partial charge in [-0.15, -0.1) is 0 Å². The van der Waals surface area contributed by atoms with E-state index >= 15 is 0 Å². The van der Waals surface area contributed by atoms with Crippen molar-refractivity contribution in [3.63, 3.8) is 0 Å². The van der Waals surface area contributed by atoms with E-state index in [1.807, 2.05) is 0 Å². The van der Waals surface area contributed by atoms with Crippen LogP contribution in [0.1, 0.15) is 32.3 Å². The van der Waals surface area contributed by atoms with Crippen molar-refractivity contribution in [1.29, 1.82) is 0 Å². The first-order valence-corrected chi connectivity index (χ1v) is 16.1. The Morgan fingerprint density at radius 2 is 1.54 bits per heavy atom. The van der Waals surface area contributed by atoms with Gasteiger partial charge in [0.15, 0.2) is 35.3 Å². The molecule has 3 rings (SSSR count). The van der Waals surface area contributed by atoms with Crippen LogP contribution >= 0.6 is 0 Å². The molecule has 0 saturated carbocycles. The molecule has 0 bridgehead atoms. The molecule has 1 atom stereocenters. The second-order valence-electron chi connectivity index (χ2n) is 9.40. The van der Waals surface area contributed by atoms with Crippen molar-refractivity contribution in [3.05, 3.63) is 42.1 Å². The molecule has 2 aromatic rings. The van der Waals surface area contributed by atoms with E-state index in [4.69, 9.17) is 0 Å². The summed E-state index contributed by atoms with van der Waals surface area (Å²) in [5.41, 5.74) is -1.29. The van der Waals surface area contributed by atoms with Gasteiger partial charge < -0.3 is 0 Å². The molecule has 9 nitrogen and oxygen atoms in total. The van der Waals surface area contributed by atoms with Gasteiger partial charge in [0.2, 0.25) is 5.91 Å². The van der Waals surface area contributed by atoms with Crippen molar-refractivity contribution >= 4 is 41.2 Å². The summed E-state index contributed by atoms with van der Waals surface area (Å²) in [5.74, 6) is -1.93. The van der Waals surface area contributed by atoms with Crippen LogP contribution in [-0.4, -0.2) is 59.9 Å².